The highest BCUT2D eigenvalue weighted by Crippen LogP contribution is 2.33. The van der Waals surface area contributed by atoms with E-state index in [1.807, 2.05) is 0 Å². The van der Waals surface area contributed by atoms with Crippen molar-refractivity contribution in [2.24, 2.45) is 11.7 Å². The number of amides is 1. The van der Waals surface area contributed by atoms with Gasteiger partial charge in [-0.15, -0.1) is 12.4 Å². The summed E-state index contributed by atoms with van der Waals surface area (Å²) in [5.41, 5.74) is 4.07. The van der Waals surface area contributed by atoms with E-state index in [9.17, 15) is 26.4 Å². The second kappa shape index (κ2) is 9.72. The van der Waals surface area contributed by atoms with Crippen LogP contribution in [0, 0.1) is 5.92 Å². The van der Waals surface area contributed by atoms with Gasteiger partial charge in [0.25, 0.3) is 0 Å². The van der Waals surface area contributed by atoms with Crippen LogP contribution >= 0.6 is 12.4 Å². The predicted octanol–water partition coefficient (Wildman–Crippen LogP) is 1.74. The van der Waals surface area contributed by atoms with Gasteiger partial charge in [0.15, 0.2) is 0 Å². The molecule has 27 heavy (non-hydrogen) atoms. The number of hydrogen-bond acceptors (Lipinski definition) is 4. The van der Waals surface area contributed by atoms with E-state index < -0.39 is 33.4 Å². The smallest absolute Gasteiger partial charge is 0.355 e. The molecule has 0 saturated carbocycles. The lowest BCUT2D eigenvalue weighted by molar-refractivity contribution is -0.138. The zero-order valence-corrected chi connectivity index (χ0v) is 16.2. The Morgan fingerprint density at radius 2 is 1.96 bits per heavy atom. The second-order valence-corrected chi connectivity index (χ2v) is 8.16. The minimum absolute atomic E-state index is 0. The van der Waals surface area contributed by atoms with Crippen molar-refractivity contribution in [3.63, 3.8) is 0 Å². The molecule has 1 aliphatic rings. The standard InChI is InChI=1S/C16H22F3N3O3S.ClH/c17-16(18,19)14-6-2-1-4-13(14)11-26(24,25)22-9-3-5-12(10-22)15(23)21-8-7-20;/h1-2,4,6,12H,3,5,7-11,20H2,(H,21,23);1H. The summed E-state index contributed by atoms with van der Waals surface area (Å²) in [6.45, 7) is 0.722. The van der Waals surface area contributed by atoms with Gasteiger partial charge in [0.2, 0.25) is 15.9 Å². The van der Waals surface area contributed by atoms with Gasteiger partial charge in [-0.1, -0.05) is 18.2 Å². The number of rotatable bonds is 6. The maximum absolute atomic E-state index is 13.1. The Bertz CT molecular complexity index is 744. The third-order valence-corrected chi connectivity index (χ3v) is 6.05. The monoisotopic (exact) mass is 429 g/mol. The van der Waals surface area contributed by atoms with E-state index in [4.69, 9.17) is 5.73 Å². The number of benzene rings is 1. The number of alkyl halides is 3. The minimum atomic E-state index is -4.63. The molecule has 2 rings (SSSR count). The average molecular weight is 430 g/mol. The molecule has 11 heteroatoms. The van der Waals surface area contributed by atoms with E-state index in [-0.39, 0.29) is 43.5 Å². The number of halogens is 4. The number of sulfonamides is 1. The third kappa shape index (κ3) is 6.34. The molecule has 1 atom stereocenters. The maximum atomic E-state index is 13.1. The Hall–Kier alpha value is -1.36. The highest BCUT2D eigenvalue weighted by atomic mass is 35.5. The Labute approximate surface area is 162 Å². The van der Waals surface area contributed by atoms with Gasteiger partial charge in [-0.2, -0.15) is 13.2 Å². The summed E-state index contributed by atoms with van der Waals surface area (Å²) in [4.78, 5) is 12.0. The highest BCUT2D eigenvalue weighted by molar-refractivity contribution is 7.88. The lowest BCUT2D eigenvalue weighted by Crippen LogP contribution is -2.46. The molecule has 0 radical (unpaired) electrons. The first kappa shape index (κ1) is 23.7. The van der Waals surface area contributed by atoms with Gasteiger partial charge in [0, 0.05) is 26.2 Å². The van der Waals surface area contributed by atoms with Crippen LogP contribution in [0.3, 0.4) is 0 Å². The van der Waals surface area contributed by atoms with Gasteiger partial charge in [-0.05, 0) is 24.5 Å². The first-order chi connectivity index (χ1) is 12.1. The molecule has 1 aliphatic heterocycles. The van der Waals surface area contributed by atoms with E-state index in [0.717, 1.165) is 16.4 Å². The van der Waals surface area contributed by atoms with Crippen LogP contribution in [-0.4, -0.2) is 44.8 Å². The first-order valence-corrected chi connectivity index (χ1v) is 9.87. The maximum Gasteiger partial charge on any atom is 0.416 e. The van der Waals surface area contributed by atoms with Crippen molar-refractivity contribution in [2.75, 3.05) is 26.2 Å². The Kier molecular flexibility index (Phi) is 8.52. The first-order valence-electron chi connectivity index (χ1n) is 8.26. The fourth-order valence-corrected chi connectivity index (χ4v) is 4.60. The van der Waals surface area contributed by atoms with Crippen molar-refractivity contribution in [3.05, 3.63) is 35.4 Å². The number of nitrogens with two attached hydrogens (primary N) is 1. The lowest BCUT2D eigenvalue weighted by atomic mass is 9.99. The SMILES string of the molecule is Cl.NCCNC(=O)C1CCCN(S(=O)(=O)Cc2ccccc2C(F)(F)F)C1. The molecule has 0 bridgehead atoms. The minimum Gasteiger partial charge on any atom is -0.355 e. The van der Waals surface area contributed by atoms with E-state index >= 15 is 0 Å². The molecule has 1 amide bonds. The van der Waals surface area contributed by atoms with Crippen molar-refractivity contribution in [3.8, 4) is 0 Å². The Morgan fingerprint density at radius 1 is 1.30 bits per heavy atom. The van der Waals surface area contributed by atoms with Crippen LogP contribution in [0.15, 0.2) is 24.3 Å². The zero-order chi connectivity index (χ0) is 19.4. The normalized spacial score (nSPS) is 18.6. The molecule has 1 aromatic rings. The van der Waals surface area contributed by atoms with Crippen LogP contribution in [0.1, 0.15) is 24.0 Å². The van der Waals surface area contributed by atoms with Crippen LogP contribution in [-0.2, 0) is 26.7 Å². The van der Waals surface area contributed by atoms with E-state index in [1.54, 1.807) is 0 Å². The fourth-order valence-electron chi connectivity index (χ4n) is 2.96. The summed E-state index contributed by atoms with van der Waals surface area (Å²) in [5, 5.41) is 2.62. The second-order valence-electron chi connectivity index (χ2n) is 6.19. The molecule has 1 fully saturated rings. The number of piperidine rings is 1. The molecule has 1 heterocycles. The largest absolute Gasteiger partial charge is 0.416 e. The summed E-state index contributed by atoms with van der Waals surface area (Å²) in [7, 11) is -3.98. The van der Waals surface area contributed by atoms with Crippen molar-refractivity contribution >= 4 is 28.3 Å². The molecule has 0 aliphatic carbocycles. The number of nitrogens with zero attached hydrogens (tertiary/aromatic N) is 1. The van der Waals surface area contributed by atoms with Crippen molar-refractivity contribution < 1.29 is 26.4 Å². The van der Waals surface area contributed by atoms with Gasteiger partial charge < -0.3 is 11.1 Å². The van der Waals surface area contributed by atoms with Crippen LogP contribution in [0.2, 0.25) is 0 Å². The van der Waals surface area contributed by atoms with Gasteiger partial charge in [-0.25, -0.2) is 12.7 Å². The van der Waals surface area contributed by atoms with Gasteiger partial charge in [0.1, 0.15) is 0 Å². The summed E-state index contributed by atoms with van der Waals surface area (Å²) in [6.07, 6.45) is -3.62. The molecule has 1 aromatic carbocycles. The molecular formula is C16H23ClF3N3O3S. The summed E-state index contributed by atoms with van der Waals surface area (Å²) < 4.78 is 65.6. The van der Waals surface area contributed by atoms with Crippen LogP contribution in [0.4, 0.5) is 13.2 Å². The van der Waals surface area contributed by atoms with Gasteiger partial charge in [-0.3, -0.25) is 4.79 Å². The van der Waals surface area contributed by atoms with Crippen molar-refractivity contribution in [2.45, 2.75) is 24.8 Å². The molecule has 6 nitrogen and oxygen atoms in total. The average Bonchev–Trinajstić information content (AvgIpc) is 2.59. The predicted molar refractivity (Wildman–Crippen MR) is 97.7 cm³/mol. The lowest BCUT2D eigenvalue weighted by Gasteiger charge is -2.31. The third-order valence-electron chi connectivity index (χ3n) is 4.25. The quantitative estimate of drug-likeness (QED) is 0.720. The molecule has 154 valence electrons. The summed E-state index contributed by atoms with van der Waals surface area (Å²) in [5.74, 6) is -1.56. The number of hydrogen-bond donors (Lipinski definition) is 2. The fraction of sp³-hybridized carbons (Fsp3) is 0.562. The van der Waals surface area contributed by atoms with Crippen LogP contribution in [0.25, 0.3) is 0 Å². The molecule has 0 spiro atoms. The van der Waals surface area contributed by atoms with E-state index in [1.165, 1.54) is 12.1 Å². The van der Waals surface area contributed by atoms with E-state index in [2.05, 4.69) is 5.32 Å². The summed E-state index contributed by atoms with van der Waals surface area (Å²) >= 11 is 0. The Balaban J connectivity index is 0.00000364. The van der Waals surface area contributed by atoms with Gasteiger partial charge >= 0.3 is 6.18 Å². The molecule has 1 unspecified atom stereocenters. The zero-order valence-electron chi connectivity index (χ0n) is 14.5. The Morgan fingerprint density at radius 3 is 2.59 bits per heavy atom. The molecular weight excluding hydrogens is 407 g/mol. The molecule has 0 aromatic heterocycles. The van der Waals surface area contributed by atoms with Gasteiger partial charge in [0.05, 0.1) is 17.2 Å². The van der Waals surface area contributed by atoms with Crippen molar-refractivity contribution in [1.82, 2.24) is 9.62 Å². The number of nitrogens with one attached hydrogen (secondary N) is 1. The van der Waals surface area contributed by atoms with Crippen LogP contribution in [0.5, 0.6) is 0 Å². The summed E-state index contributed by atoms with van der Waals surface area (Å²) in [6, 6.07) is 4.62. The molecule has 3 N–H and O–H groups in total. The topological polar surface area (TPSA) is 92.5 Å². The molecule has 1 saturated heterocycles. The van der Waals surface area contributed by atoms with Crippen LogP contribution < -0.4 is 11.1 Å². The van der Waals surface area contributed by atoms with E-state index in [0.29, 0.717) is 19.4 Å². The van der Waals surface area contributed by atoms with Crippen molar-refractivity contribution in [1.29, 1.82) is 0 Å². The number of carbonyl (C=O) groups excluding carboxylic acids is 1. The number of carbonyl (C=O) groups is 1. The highest BCUT2D eigenvalue weighted by Gasteiger charge is 2.36.